The van der Waals surface area contributed by atoms with Gasteiger partial charge in [0, 0.05) is 23.1 Å². The number of nitrogens with zero attached hydrogens (tertiary/aromatic N) is 2. The lowest BCUT2D eigenvalue weighted by molar-refractivity contribution is -0.904. The maximum Gasteiger partial charge on any atom is 0.104 e. The summed E-state index contributed by atoms with van der Waals surface area (Å²) in [6.45, 7) is 11.4. The zero-order valence-corrected chi connectivity index (χ0v) is 31.8. The molecular formula is C40H76N2O4. The molecule has 0 radical (unpaired) electrons. The lowest BCUT2D eigenvalue weighted by atomic mass is 10.1. The standard InChI is InChI=1S/C36H70N2.2C2H4O2/c1-7-9-11-13-15-17-19-21-23-25-31-37(3,4)33-35-27-29-36(30-28-35)34-38(5,6)32-26-24-22-20-18-16-14-12-10-8-2;2*1-2(3)4/h27-30H,7-26,31-34H2,1-6H3;2*1H3,(H,3,4)/q+2;;/p-2. The Morgan fingerprint density at radius 2 is 0.652 bits per heavy atom. The van der Waals surface area contributed by atoms with E-state index in [0.717, 1.165) is 35.9 Å². The van der Waals surface area contributed by atoms with E-state index in [-0.39, 0.29) is 0 Å². The molecule has 6 heteroatoms. The SMILES string of the molecule is CC(=O)[O-].CC(=O)[O-].CCCCCCCCCCCC[N+](C)(C)Cc1ccc(C[N+](C)(C)CCCCCCCCCCCC)cc1. The van der Waals surface area contributed by atoms with Crippen molar-refractivity contribution in [3.63, 3.8) is 0 Å². The molecule has 0 spiro atoms. The van der Waals surface area contributed by atoms with Gasteiger partial charge in [0.1, 0.15) is 13.1 Å². The number of unbranched alkanes of at least 4 members (excludes halogenated alkanes) is 18. The Labute approximate surface area is 286 Å². The minimum absolute atomic E-state index is 0.972. The summed E-state index contributed by atoms with van der Waals surface area (Å²) in [5.74, 6) is -2.17. The summed E-state index contributed by atoms with van der Waals surface area (Å²) >= 11 is 0. The second-order valence-electron chi connectivity index (χ2n) is 14.8. The van der Waals surface area contributed by atoms with Crippen LogP contribution in [-0.2, 0) is 22.7 Å². The van der Waals surface area contributed by atoms with Crippen molar-refractivity contribution >= 4 is 11.9 Å². The Kier molecular flexibility index (Phi) is 30.5. The van der Waals surface area contributed by atoms with Crippen molar-refractivity contribution in [2.45, 2.75) is 169 Å². The number of rotatable bonds is 26. The summed E-state index contributed by atoms with van der Waals surface area (Å²) in [4.78, 5) is 17.8. The summed E-state index contributed by atoms with van der Waals surface area (Å²) in [6, 6.07) is 9.59. The molecule has 0 saturated heterocycles. The van der Waals surface area contributed by atoms with E-state index in [1.807, 2.05) is 0 Å². The van der Waals surface area contributed by atoms with Crippen molar-refractivity contribution in [2.24, 2.45) is 0 Å². The first-order valence-corrected chi connectivity index (χ1v) is 18.8. The van der Waals surface area contributed by atoms with Gasteiger partial charge < -0.3 is 28.8 Å². The maximum absolute atomic E-state index is 8.89. The van der Waals surface area contributed by atoms with Gasteiger partial charge >= 0.3 is 0 Å². The molecule has 0 unspecified atom stereocenters. The topological polar surface area (TPSA) is 80.3 Å². The first-order valence-electron chi connectivity index (χ1n) is 18.8. The van der Waals surface area contributed by atoms with Crippen LogP contribution in [0, 0.1) is 0 Å². The third kappa shape index (κ3) is 36.5. The van der Waals surface area contributed by atoms with Crippen LogP contribution >= 0.6 is 0 Å². The molecule has 0 aliphatic carbocycles. The van der Waals surface area contributed by atoms with Crippen molar-refractivity contribution in [1.82, 2.24) is 0 Å². The molecule has 46 heavy (non-hydrogen) atoms. The number of hydrogen-bond donors (Lipinski definition) is 0. The predicted molar refractivity (Wildman–Crippen MR) is 193 cm³/mol. The average molecular weight is 649 g/mol. The minimum atomic E-state index is -1.08. The normalized spacial score (nSPS) is 11.3. The van der Waals surface area contributed by atoms with Crippen LogP contribution in [-0.4, -0.2) is 62.2 Å². The fourth-order valence-electron chi connectivity index (χ4n) is 5.95. The summed E-state index contributed by atoms with van der Waals surface area (Å²) in [7, 11) is 9.64. The molecule has 0 fully saturated rings. The quantitative estimate of drug-likeness (QED) is 0.0749. The molecule has 1 aromatic carbocycles. The van der Waals surface area contributed by atoms with Gasteiger partial charge in [0.25, 0.3) is 0 Å². The number of benzene rings is 1. The number of carbonyl (C=O) groups is 2. The van der Waals surface area contributed by atoms with Gasteiger partial charge in [-0.1, -0.05) is 141 Å². The van der Waals surface area contributed by atoms with Gasteiger partial charge in [-0.15, -0.1) is 0 Å². The highest BCUT2D eigenvalue weighted by molar-refractivity contribution is 5.60. The monoisotopic (exact) mass is 649 g/mol. The smallest absolute Gasteiger partial charge is 0.104 e. The number of carboxylic acid groups (broad SMARTS) is 2. The van der Waals surface area contributed by atoms with Gasteiger partial charge in [0.15, 0.2) is 0 Å². The minimum Gasteiger partial charge on any atom is -0.550 e. The number of carboxylic acids is 2. The van der Waals surface area contributed by atoms with E-state index in [1.54, 1.807) is 0 Å². The van der Waals surface area contributed by atoms with Crippen molar-refractivity contribution in [1.29, 1.82) is 0 Å². The van der Waals surface area contributed by atoms with Crippen LogP contribution in [0.1, 0.15) is 167 Å². The summed E-state index contributed by atoms with van der Waals surface area (Å²) in [5.41, 5.74) is 2.98. The van der Waals surface area contributed by atoms with Crippen molar-refractivity contribution < 1.29 is 28.8 Å². The van der Waals surface area contributed by atoms with Gasteiger partial charge in [-0.3, -0.25) is 0 Å². The lowest BCUT2D eigenvalue weighted by Crippen LogP contribution is -2.40. The van der Waals surface area contributed by atoms with Crippen molar-refractivity contribution in [3.8, 4) is 0 Å². The predicted octanol–water partition coefficient (Wildman–Crippen LogP) is 8.19. The average Bonchev–Trinajstić information content (AvgIpc) is 2.95. The zero-order chi connectivity index (χ0) is 35.1. The Morgan fingerprint density at radius 3 is 0.870 bits per heavy atom. The zero-order valence-electron chi connectivity index (χ0n) is 31.8. The Balaban J connectivity index is 0. The molecule has 1 aromatic rings. The molecule has 6 nitrogen and oxygen atoms in total. The number of aliphatic carboxylic acids is 2. The number of hydrogen-bond acceptors (Lipinski definition) is 4. The molecular weight excluding hydrogens is 572 g/mol. The van der Waals surface area contributed by atoms with Crippen molar-refractivity contribution in [3.05, 3.63) is 35.4 Å². The molecule has 0 bridgehead atoms. The second kappa shape index (κ2) is 30.4. The largest absolute Gasteiger partial charge is 0.550 e. The van der Waals surface area contributed by atoms with E-state index in [2.05, 4.69) is 66.3 Å². The van der Waals surface area contributed by atoms with Crippen LogP contribution in [0.5, 0.6) is 0 Å². The summed E-state index contributed by atoms with van der Waals surface area (Å²) in [6.07, 6.45) is 28.4. The highest BCUT2D eigenvalue weighted by Crippen LogP contribution is 2.18. The van der Waals surface area contributed by atoms with E-state index in [9.17, 15) is 0 Å². The molecule has 0 amide bonds. The first kappa shape index (κ1) is 46.2. The molecule has 1 rings (SSSR count). The Morgan fingerprint density at radius 1 is 0.457 bits per heavy atom. The lowest BCUT2D eigenvalue weighted by Gasteiger charge is -2.31. The molecule has 0 saturated carbocycles. The van der Waals surface area contributed by atoms with Gasteiger partial charge in [0.2, 0.25) is 0 Å². The molecule has 0 atom stereocenters. The van der Waals surface area contributed by atoms with Crippen LogP contribution < -0.4 is 10.2 Å². The van der Waals surface area contributed by atoms with Crippen LogP contribution in [0.3, 0.4) is 0 Å². The third-order valence-electron chi connectivity index (χ3n) is 8.48. The molecule has 0 aromatic heterocycles. The molecule has 0 aliphatic rings. The Hall–Kier alpha value is -1.92. The van der Waals surface area contributed by atoms with Crippen LogP contribution in [0.4, 0.5) is 0 Å². The molecule has 0 heterocycles. The molecule has 0 aliphatic heterocycles. The highest BCUT2D eigenvalue weighted by atomic mass is 16.4. The van der Waals surface area contributed by atoms with Crippen molar-refractivity contribution in [2.75, 3.05) is 41.3 Å². The van der Waals surface area contributed by atoms with Crippen LogP contribution in [0.15, 0.2) is 24.3 Å². The number of quaternary nitrogens is 2. The fourth-order valence-corrected chi connectivity index (χ4v) is 5.95. The maximum atomic E-state index is 8.89. The molecule has 0 N–H and O–H groups in total. The van der Waals surface area contributed by atoms with E-state index in [0.29, 0.717) is 0 Å². The van der Waals surface area contributed by atoms with E-state index < -0.39 is 11.9 Å². The van der Waals surface area contributed by atoms with E-state index >= 15 is 0 Å². The van der Waals surface area contributed by atoms with E-state index in [1.165, 1.54) is 153 Å². The van der Waals surface area contributed by atoms with Crippen LogP contribution in [0.2, 0.25) is 0 Å². The van der Waals surface area contributed by atoms with Gasteiger partial charge in [-0.25, -0.2) is 0 Å². The van der Waals surface area contributed by atoms with E-state index in [4.69, 9.17) is 19.8 Å². The first-order chi connectivity index (χ1) is 21.7. The number of carbonyl (C=O) groups excluding carboxylic acids is 2. The second-order valence-corrected chi connectivity index (χ2v) is 14.8. The van der Waals surface area contributed by atoms with Crippen LogP contribution in [0.25, 0.3) is 0 Å². The summed E-state index contributed by atoms with van der Waals surface area (Å²) in [5, 5.41) is 17.8. The highest BCUT2D eigenvalue weighted by Gasteiger charge is 2.18. The molecule has 270 valence electrons. The van der Waals surface area contributed by atoms with Gasteiger partial charge in [0.05, 0.1) is 41.3 Å². The fraction of sp³-hybridized carbons (Fsp3) is 0.800. The summed E-state index contributed by atoms with van der Waals surface area (Å²) < 4.78 is 2.22. The third-order valence-corrected chi connectivity index (χ3v) is 8.48. The van der Waals surface area contributed by atoms with Gasteiger partial charge in [-0.2, -0.15) is 0 Å². The van der Waals surface area contributed by atoms with Gasteiger partial charge in [-0.05, 0) is 39.5 Å². The Bertz CT molecular complexity index is 759.